The molecule has 1 aliphatic rings. The smallest absolute Gasteiger partial charge is 0.0963 e. The molecule has 0 radical (unpaired) electrons. The fourth-order valence-corrected chi connectivity index (χ4v) is 2.45. The van der Waals surface area contributed by atoms with Crippen LogP contribution in [0.25, 0.3) is 0 Å². The molecule has 2 rings (SSSR count). The maximum absolute atomic E-state index is 6.15. The molecule has 1 saturated carbocycles. The quantitative estimate of drug-likeness (QED) is 0.820. The molecule has 1 aromatic carbocycles. The Hall–Kier alpha value is -0.380. The highest BCUT2D eigenvalue weighted by atomic mass is 79.9. The number of rotatable bonds is 7. The second-order valence-corrected chi connectivity index (χ2v) is 5.90. The van der Waals surface area contributed by atoms with Crippen LogP contribution in [0.5, 0.6) is 0 Å². The first-order valence-corrected chi connectivity index (χ1v) is 7.63. The van der Waals surface area contributed by atoms with Crippen LogP contribution in [-0.2, 0) is 4.74 Å². The van der Waals surface area contributed by atoms with Crippen LogP contribution in [0.15, 0.2) is 28.7 Å². The molecule has 3 heteroatoms. The number of benzene rings is 1. The van der Waals surface area contributed by atoms with Crippen molar-refractivity contribution in [3.63, 3.8) is 0 Å². The van der Waals surface area contributed by atoms with Gasteiger partial charge in [-0.25, -0.2) is 0 Å². The van der Waals surface area contributed by atoms with Crippen molar-refractivity contribution in [1.82, 2.24) is 5.32 Å². The molecule has 1 N–H and O–H groups in total. The molecule has 0 aromatic heterocycles. The minimum Gasteiger partial charge on any atom is -0.369 e. The summed E-state index contributed by atoms with van der Waals surface area (Å²) in [5.74, 6) is 0. The molecule has 1 aromatic rings. The summed E-state index contributed by atoms with van der Waals surface area (Å²) in [6.45, 7) is 5.20. The van der Waals surface area contributed by atoms with Crippen LogP contribution in [0.3, 0.4) is 0 Å². The van der Waals surface area contributed by atoms with Gasteiger partial charge < -0.3 is 10.1 Å². The summed E-state index contributed by atoms with van der Waals surface area (Å²) in [5, 5.41) is 3.57. The predicted molar refractivity (Wildman–Crippen MR) is 78.7 cm³/mol. The highest BCUT2D eigenvalue weighted by molar-refractivity contribution is 9.10. The summed E-state index contributed by atoms with van der Waals surface area (Å²) in [7, 11) is 0. The van der Waals surface area contributed by atoms with Crippen LogP contribution in [0, 0.1) is 0 Å². The molecule has 0 saturated heterocycles. The van der Waals surface area contributed by atoms with Crippen LogP contribution in [0.4, 0.5) is 0 Å². The third-order valence-corrected chi connectivity index (χ3v) is 4.12. The topological polar surface area (TPSA) is 21.3 Å². The molecule has 0 bridgehead atoms. The molecule has 100 valence electrons. The normalized spacial score (nSPS) is 18.6. The Labute approximate surface area is 118 Å². The largest absolute Gasteiger partial charge is 0.369 e. The van der Waals surface area contributed by atoms with E-state index >= 15 is 0 Å². The van der Waals surface area contributed by atoms with E-state index in [1.807, 2.05) is 6.07 Å². The van der Waals surface area contributed by atoms with Crippen molar-refractivity contribution in [3.8, 4) is 0 Å². The first-order chi connectivity index (χ1) is 8.70. The third-order valence-electron chi connectivity index (χ3n) is 3.39. The van der Waals surface area contributed by atoms with E-state index in [2.05, 4.69) is 53.3 Å². The zero-order chi connectivity index (χ0) is 13.0. The molecule has 0 amide bonds. The monoisotopic (exact) mass is 311 g/mol. The van der Waals surface area contributed by atoms with Gasteiger partial charge in [-0.15, -0.1) is 0 Å². The maximum Gasteiger partial charge on any atom is 0.0963 e. The highest BCUT2D eigenvalue weighted by Gasteiger charge is 2.24. The number of hydrogen-bond acceptors (Lipinski definition) is 2. The average Bonchev–Trinajstić information content (AvgIpc) is 3.19. The summed E-state index contributed by atoms with van der Waals surface area (Å²) >= 11 is 3.62. The first-order valence-electron chi connectivity index (χ1n) is 6.84. The Morgan fingerprint density at radius 2 is 2.11 bits per heavy atom. The van der Waals surface area contributed by atoms with E-state index in [9.17, 15) is 0 Å². The van der Waals surface area contributed by atoms with E-state index in [4.69, 9.17) is 4.74 Å². The molecule has 2 atom stereocenters. The fraction of sp³-hybridized carbons (Fsp3) is 0.600. The number of ether oxygens (including phenoxy) is 1. The maximum atomic E-state index is 6.15. The van der Waals surface area contributed by atoms with Crippen molar-refractivity contribution >= 4 is 15.9 Å². The van der Waals surface area contributed by atoms with Gasteiger partial charge in [-0.3, -0.25) is 0 Å². The summed E-state index contributed by atoms with van der Waals surface area (Å²) in [6.07, 6.45) is 4.10. The van der Waals surface area contributed by atoms with Crippen molar-refractivity contribution in [2.75, 3.05) is 6.54 Å². The van der Waals surface area contributed by atoms with Crippen molar-refractivity contribution < 1.29 is 4.74 Å². The third kappa shape index (κ3) is 4.08. The second-order valence-electron chi connectivity index (χ2n) is 5.05. The summed E-state index contributed by atoms with van der Waals surface area (Å²) < 4.78 is 7.29. The predicted octanol–water partition coefficient (Wildman–Crippen LogP) is 4.06. The van der Waals surface area contributed by atoms with E-state index in [-0.39, 0.29) is 6.10 Å². The summed E-state index contributed by atoms with van der Waals surface area (Å²) in [5.41, 5.74) is 1.24. The lowest BCUT2D eigenvalue weighted by Crippen LogP contribution is -2.27. The molecule has 2 unspecified atom stereocenters. The van der Waals surface area contributed by atoms with Crippen LogP contribution in [-0.4, -0.2) is 18.7 Å². The Morgan fingerprint density at radius 1 is 1.39 bits per heavy atom. The van der Waals surface area contributed by atoms with Crippen molar-refractivity contribution in [1.29, 1.82) is 0 Å². The standard InChI is InChI=1S/C15H22BrNO/c1-3-11(2)18-15(10-17-12-8-9-12)13-6-4-5-7-14(13)16/h4-7,11-12,15,17H,3,8-10H2,1-2H3. The van der Waals surface area contributed by atoms with Gasteiger partial charge in [-0.2, -0.15) is 0 Å². The van der Waals surface area contributed by atoms with Crippen LogP contribution in [0.2, 0.25) is 0 Å². The van der Waals surface area contributed by atoms with Gasteiger partial charge in [0.25, 0.3) is 0 Å². The Balaban J connectivity index is 2.04. The molecule has 18 heavy (non-hydrogen) atoms. The van der Waals surface area contributed by atoms with E-state index < -0.39 is 0 Å². The molecule has 0 heterocycles. The number of halogens is 1. The van der Waals surface area contributed by atoms with Gasteiger partial charge in [-0.1, -0.05) is 41.1 Å². The molecule has 1 aliphatic carbocycles. The van der Waals surface area contributed by atoms with Gasteiger partial charge >= 0.3 is 0 Å². The van der Waals surface area contributed by atoms with Crippen molar-refractivity contribution in [2.24, 2.45) is 0 Å². The summed E-state index contributed by atoms with van der Waals surface area (Å²) in [6, 6.07) is 9.06. The minimum atomic E-state index is 0.135. The molecule has 0 aliphatic heterocycles. The van der Waals surface area contributed by atoms with E-state index in [1.54, 1.807) is 0 Å². The molecular formula is C15H22BrNO. The van der Waals surface area contributed by atoms with Crippen LogP contribution < -0.4 is 5.32 Å². The Kier molecular flexibility index (Phi) is 5.22. The zero-order valence-corrected chi connectivity index (χ0v) is 12.7. The lowest BCUT2D eigenvalue weighted by Gasteiger charge is -2.23. The van der Waals surface area contributed by atoms with Crippen LogP contribution in [0.1, 0.15) is 44.8 Å². The van der Waals surface area contributed by atoms with Crippen LogP contribution >= 0.6 is 15.9 Å². The molecule has 0 spiro atoms. The van der Waals surface area contributed by atoms with Gasteiger partial charge in [0.05, 0.1) is 12.2 Å². The van der Waals surface area contributed by atoms with Crippen molar-refractivity contribution in [3.05, 3.63) is 34.3 Å². The van der Waals surface area contributed by atoms with Gasteiger partial charge in [-0.05, 0) is 37.8 Å². The van der Waals surface area contributed by atoms with E-state index in [0.29, 0.717) is 6.10 Å². The van der Waals surface area contributed by atoms with Gasteiger partial charge in [0.15, 0.2) is 0 Å². The van der Waals surface area contributed by atoms with Gasteiger partial charge in [0.2, 0.25) is 0 Å². The minimum absolute atomic E-state index is 0.135. The Morgan fingerprint density at radius 3 is 2.72 bits per heavy atom. The van der Waals surface area contributed by atoms with Gasteiger partial charge in [0.1, 0.15) is 0 Å². The fourth-order valence-electron chi connectivity index (χ4n) is 1.91. The summed E-state index contributed by atoms with van der Waals surface area (Å²) in [4.78, 5) is 0. The van der Waals surface area contributed by atoms with E-state index in [0.717, 1.165) is 23.5 Å². The molecule has 2 nitrogen and oxygen atoms in total. The molecule has 1 fully saturated rings. The Bertz CT molecular complexity index is 379. The first kappa shape index (κ1) is 14.0. The molecular weight excluding hydrogens is 290 g/mol. The van der Waals surface area contributed by atoms with Crippen molar-refractivity contribution in [2.45, 2.75) is 51.4 Å². The zero-order valence-electron chi connectivity index (χ0n) is 11.2. The lowest BCUT2D eigenvalue weighted by atomic mass is 10.1. The lowest BCUT2D eigenvalue weighted by molar-refractivity contribution is -0.00506. The SMILES string of the molecule is CCC(C)OC(CNC1CC1)c1ccccc1Br. The second kappa shape index (κ2) is 6.69. The van der Waals surface area contributed by atoms with E-state index in [1.165, 1.54) is 18.4 Å². The average molecular weight is 312 g/mol. The number of nitrogens with one attached hydrogen (secondary N) is 1. The number of hydrogen-bond donors (Lipinski definition) is 1. The van der Waals surface area contributed by atoms with Gasteiger partial charge in [0, 0.05) is 17.1 Å². The highest BCUT2D eigenvalue weighted by Crippen LogP contribution is 2.28.